The summed E-state index contributed by atoms with van der Waals surface area (Å²) in [6, 6.07) is 0. The first-order chi connectivity index (χ1) is 6.79. The van der Waals surface area contributed by atoms with Crippen molar-refractivity contribution in [3.05, 3.63) is 0 Å². The van der Waals surface area contributed by atoms with Gasteiger partial charge in [0.15, 0.2) is 0 Å². The van der Waals surface area contributed by atoms with Crippen molar-refractivity contribution in [3.8, 4) is 0 Å². The lowest BCUT2D eigenvalue weighted by Crippen LogP contribution is -2.31. The molecule has 0 bridgehead atoms. The number of thioether (sulfide) groups is 1. The van der Waals surface area contributed by atoms with E-state index in [1.54, 1.807) is 4.90 Å². The fourth-order valence-corrected chi connectivity index (χ4v) is 3.13. The van der Waals surface area contributed by atoms with Gasteiger partial charge in [-0.3, -0.25) is 0 Å². The molecule has 0 aliphatic carbocycles. The number of carbonyl (C=O) groups is 1. The second-order valence-corrected chi connectivity index (χ2v) is 4.97. The fraction of sp³-hybridized carbons (Fsp3) is 0.889. The van der Waals surface area contributed by atoms with E-state index in [-0.39, 0.29) is 18.8 Å². The Morgan fingerprint density at radius 1 is 1.64 bits per heavy atom. The highest BCUT2D eigenvalue weighted by molar-refractivity contribution is 7.99. The number of hydrogen-bond acceptors (Lipinski definition) is 4. The second-order valence-electron chi connectivity index (χ2n) is 3.82. The molecule has 5 heteroatoms. The van der Waals surface area contributed by atoms with Gasteiger partial charge in [-0.2, -0.15) is 11.8 Å². The van der Waals surface area contributed by atoms with E-state index in [2.05, 4.69) is 0 Å². The molecular weight excluding hydrogens is 202 g/mol. The third-order valence-electron chi connectivity index (χ3n) is 2.66. The molecule has 2 saturated heterocycles. The van der Waals surface area contributed by atoms with Crippen molar-refractivity contribution in [2.45, 2.75) is 12.5 Å². The molecule has 2 atom stereocenters. The first kappa shape index (κ1) is 10.1. The van der Waals surface area contributed by atoms with E-state index in [1.807, 2.05) is 11.8 Å². The van der Waals surface area contributed by atoms with Crippen molar-refractivity contribution in [1.29, 1.82) is 0 Å². The Labute approximate surface area is 87.6 Å². The summed E-state index contributed by atoms with van der Waals surface area (Å²) in [5.41, 5.74) is 0. The first-order valence-corrected chi connectivity index (χ1v) is 6.09. The van der Waals surface area contributed by atoms with Gasteiger partial charge in [0.05, 0.1) is 13.2 Å². The van der Waals surface area contributed by atoms with E-state index in [9.17, 15) is 4.79 Å². The number of cyclic esters (lactones) is 1. The van der Waals surface area contributed by atoms with Crippen molar-refractivity contribution in [3.63, 3.8) is 0 Å². The van der Waals surface area contributed by atoms with Crippen LogP contribution in [0, 0.1) is 5.92 Å². The lowest BCUT2D eigenvalue weighted by atomic mass is 10.1. The molecule has 0 radical (unpaired) electrons. The van der Waals surface area contributed by atoms with Gasteiger partial charge in [-0.1, -0.05) is 0 Å². The predicted octanol–water partition coefficient (Wildman–Crippen LogP) is 0.553. The Kier molecular flexibility index (Phi) is 3.18. The number of aliphatic hydroxyl groups excluding tert-OH is 1. The molecule has 1 N–H and O–H groups in total. The van der Waals surface area contributed by atoms with Crippen molar-refractivity contribution < 1.29 is 14.6 Å². The highest BCUT2D eigenvalue weighted by Crippen LogP contribution is 2.25. The van der Waals surface area contributed by atoms with Gasteiger partial charge >= 0.3 is 6.09 Å². The average Bonchev–Trinajstić information content (AvgIpc) is 2.78. The monoisotopic (exact) mass is 217 g/mol. The molecule has 80 valence electrons. The molecule has 2 fully saturated rings. The lowest BCUT2D eigenvalue weighted by molar-refractivity contribution is 0.0946. The maximum absolute atomic E-state index is 11.3. The zero-order valence-corrected chi connectivity index (χ0v) is 8.83. The number of nitrogens with zero attached hydrogens (tertiary/aromatic N) is 1. The van der Waals surface area contributed by atoms with E-state index in [4.69, 9.17) is 9.84 Å². The zero-order valence-electron chi connectivity index (χ0n) is 8.02. The summed E-state index contributed by atoms with van der Waals surface area (Å²) in [7, 11) is 0. The quantitative estimate of drug-likeness (QED) is 0.750. The molecular formula is C9H15NO3S. The van der Waals surface area contributed by atoms with Gasteiger partial charge in [0.1, 0.15) is 6.10 Å². The molecule has 0 spiro atoms. The third-order valence-corrected chi connectivity index (χ3v) is 3.89. The Balaban J connectivity index is 1.82. The fourth-order valence-electron chi connectivity index (χ4n) is 1.86. The van der Waals surface area contributed by atoms with Gasteiger partial charge in [-0.15, -0.1) is 0 Å². The second kappa shape index (κ2) is 4.40. The third kappa shape index (κ3) is 2.15. The van der Waals surface area contributed by atoms with Crippen molar-refractivity contribution in [1.82, 2.24) is 4.90 Å². The van der Waals surface area contributed by atoms with Crippen LogP contribution in [0.2, 0.25) is 0 Å². The molecule has 1 amide bonds. The Bertz CT molecular complexity index is 218. The molecule has 0 aromatic carbocycles. The molecule has 0 aromatic heterocycles. The highest BCUT2D eigenvalue weighted by Gasteiger charge is 2.32. The van der Waals surface area contributed by atoms with E-state index in [1.165, 1.54) is 12.2 Å². The molecule has 14 heavy (non-hydrogen) atoms. The van der Waals surface area contributed by atoms with E-state index in [0.29, 0.717) is 12.5 Å². The van der Waals surface area contributed by atoms with Crippen LogP contribution >= 0.6 is 11.8 Å². The van der Waals surface area contributed by atoms with Crippen LogP contribution in [0.4, 0.5) is 4.79 Å². The van der Waals surface area contributed by atoms with Gasteiger partial charge < -0.3 is 14.7 Å². The molecule has 4 nitrogen and oxygen atoms in total. The van der Waals surface area contributed by atoms with Crippen LogP contribution in [0.25, 0.3) is 0 Å². The average molecular weight is 217 g/mol. The Hall–Kier alpha value is -0.420. The minimum Gasteiger partial charge on any atom is -0.442 e. The summed E-state index contributed by atoms with van der Waals surface area (Å²) in [6.45, 7) is 1.28. The molecule has 2 aliphatic heterocycles. The molecule has 0 aromatic rings. The van der Waals surface area contributed by atoms with Crippen molar-refractivity contribution in [2.75, 3.05) is 31.2 Å². The van der Waals surface area contributed by atoms with Gasteiger partial charge in [-0.25, -0.2) is 4.79 Å². The van der Waals surface area contributed by atoms with Gasteiger partial charge in [-0.05, 0) is 23.8 Å². The van der Waals surface area contributed by atoms with Crippen LogP contribution in [-0.4, -0.2) is 53.4 Å². The van der Waals surface area contributed by atoms with Crippen LogP contribution in [0.1, 0.15) is 6.42 Å². The maximum Gasteiger partial charge on any atom is 0.410 e. The Morgan fingerprint density at radius 2 is 2.50 bits per heavy atom. The summed E-state index contributed by atoms with van der Waals surface area (Å²) in [6.07, 6.45) is 0.621. The predicted molar refractivity (Wildman–Crippen MR) is 54.4 cm³/mol. The molecule has 2 aliphatic rings. The van der Waals surface area contributed by atoms with E-state index in [0.717, 1.165) is 12.3 Å². The minimum absolute atomic E-state index is 0.0678. The number of ether oxygens (including phenoxy) is 1. The smallest absolute Gasteiger partial charge is 0.410 e. The van der Waals surface area contributed by atoms with E-state index >= 15 is 0 Å². The summed E-state index contributed by atoms with van der Waals surface area (Å²) >= 11 is 1.95. The minimum atomic E-state index is -0.309. The summed E-state index contributed by atoms with van der Waals surface area (Å²) in [4.78, 5) is 13.0. The van der Waals surface area contributed by atoms with Gasteiger partial charge in [0.2, 0.25) is 0 Å². The van der Waals surface area contributed by atoms with Crippen LogP contribution < -0.4 is 0 Å². The zero-order chi connectivity index (χ0) is 9.97. The largest absolute Gasteiger partial charge is 0.442 e. The first-order valence-electron chi connectivity index (χ1n) is 4.93. The van der Waals surface area contributed by atoms with E-state index < -0.39 is 0 Å². The molecule has 2 rings (SSSR count). The summed E-state index contributed by atoms with van der Waals surface area (Å²) in [5, 5.41) is 8.85. The van der Waals surface area contributed by atoms with Crippen LogP contribution in [0.5, 0.6) is 0 Å². The van der Waals surface area contributed by atoms with Crippen molar-refractivity contribution in [2.24, 2.45) is 5.92 Å². The maximum atomic E-state index is 11.3. The Morgan fingerprint density at radius 3 is 3.07 bits per heavy atom. The van der Waals surface area contributed by atoms with Gasteiger partial charge in [0, 0.05) is 6.54 Å². The molecule has 1 unspecified atom stereocenters. The number of amides is 1. The van der Waals surface area contributed by atoms with Crippen molar-refractivity contribution >= 4 is 17.9 Å². The van der Waals surface area contributed by atoms with Gasteiger partial charge in [0.25, 0.3) is 0 Å². The molecule has 0 saturated carbocycles. The number of rotatable bonds is 3. The summed E-state index contributed by atoms with van der Waals surface area (Å²) < 4.78 is 4.96. The normalized spacial score (nSPS) is 32.4. The number of aliphatic hydroxyl groups is 1. The van der Waals surface area contributed by atoms with Crippen LogP contribution in [0.15, 0.2) is 0 Å². The SMILES string of the molecule is O=C1O[C@@H](CO)CN1CC1CCSC1. The molecule has 2 heterocycles. The standard InChI is InChI=1S/C9H15NO3S/c11-5-8-4-10(9(12)13-8)3-7-1-2-14-6-7/h7-8,11H,1-6H2/t7?,8-/m1/s1. The lowest BCUT2D eigenvalue weighted by Gasteiger charge is -2.16. The highest BCUT2D eigenvalue weighted by atomic mass is 32.2. The number of hydrogen-bond donors (Lipinski definition) is 1. The van der Waals surface area contributed by atoms with Crippen LogP contribution in [-0.2, 0) is 4.74 Å². The summed E-state index contributed by atoms with van der Waals surface area (Å²) in [5.74, 6) is 2.97. The topological polar surface area (TPSA) is 49.8 Å². The number of carbonyl (C=O) groups excluding carboxylic acids is 1. The van der Waals surface area contributed by atoms with Crippen LogP contribution in [0.3, 0.4) is 0 Å².